The summed E-state index contributed by atoms with van der Waals surface area (Å²) in [6.45, 7) is 2.10. The summed E-state index contributed by atoms with van der Waals surface area (Å²) in [5, 5.41) is 13.6. The van der Waals surface area contributed by atoms with Gasteiger partial charge >= 0.3 is 0 Å². The van der Waals surface area contributed by atoms with Gasteiger partial charge in [-0.1, -0.05) is 23.8 Å². The average molecular weight is 329 g/mol. The number of carbonyl (C=O) groups excluding carboxylic acids is 1. The predicted octanol–water partition coefficient (Wildman–Crippen LogP) is 4.16. The van der Waals surface area contributed by atoms with Crippen LogP contribution in [-0.4, -0.2) is 10.9 Å². The fourth-order valence-electron chi connectivity index (χ4n) is 3.74. The fourth-order valence-corrected chi connectivity index (χ4v) is 3.74. The zero-order valence-electron chi connectivity index (χ0n) is 14.1. The van der Waals surface area contributed by atoms with Crippen molar-refractivity contribution in [2.24, 2.45) is 0 Å². The number of benzene rings is 2. The van der Waals surface area contributed by atoms with Crippen LogP contribution in [-0.2, 0) is 6.42 Å². The molecule has 1 heterocycles. The van der Waals surface area contributed by atoms with Crippen LogP contribution in [0.25, 0.3) is 10.9 Å². The van der Waals surface area contributed by atoms with Crippen molar-refractivity contribution in [3.8, 4) is 6.07 Å². The lowest BCUT2D eigenvalue weighted by Gasteiger charge is -2.24. The molecule has 3 aromatic rings. The predicted molar refractivity (Wildman–Crippen MR) is 97.3 cm³/mol. The highest BCUT2D eigenvalue weighted by atomic mass is 16.1. The van der Waals surface area contributed by atoms with Crippen molar-refractivity contribution in [3.63, 3.8) is 0 Å². The van der Waals surface area contributed by atoms with Gasteiger partial charge in [0.2, 0.25) is 0 Å². The van der Waals surface area contributed by atoms with Gasteiger partial charge in [-0.15, -0.1) is 0 Å². The highest BCUT2D eigenvalue weighted by molar-refractivity contribution is 5.97. The molecule has 0 aliphatic heterocycles. The van der Waals surface area contributed by atoms with E-state index in [1.54, 1.807) is 24.3 Å². The largest absolute Gasteiger partial charge is 0.356 e. The van der Waals surface area contributed by atoms with Gasteiger partial charge in [0.25, 0.3) is 5.91 Å². The average Bonchev–Trinajstić information content (AvgIpc) is 3.00. The maximum atomic E-state index is 12.7. The number of amides is 1. The van der Waals surface area contributed by atoms with E-state index in [2.05, 4.69) is 41.5 Å². The summed E-state index contributed by atoms with van der Waals surface area (Å²) in [5.41, 5.74) is 5.61. The van der Waals surface area contributed by atoms with E-state index >= 15 is 0 Å². The van der Waals surface area contributed by atoms with Gasteiger partial charge in [0.15, 0.2) is 0 Å². The Labute approximate surface area is 146 Å². The SMILES string of the molecule is Cc1ccc2[nH]c3c(c2c1)CCCC3NC(=O)c1ccccc1C#N. The lowest BCUT2D eigenvalue weighted by atomic mass is 9.91. The molecule has 0 radical (unpaired) electrons. The second-order valence-corrected chi connectivity index (χ2v) is 6.64. The van der Waals surface area contributed by atoms with E-state index in [0.29, 0.717) is 11.1 Å². The Bertz CT molecular complexity index is 1010. The Balaban J connectivity index is 1.69. The quantitative estimate of drug-likeness (QED) is 0.741. The van der Waals surface area contributed by atoms with Crippen molar-refractivity contribution in [1.29, 1.82) is 5.26 Å². The third-order valence-electron chi connectivity index (χ3n) is 4.96. The summed E-state index contributed by atoms with van der Waals surface area (Å²) in [6, 6.07) is 15.4. The number of aromatic amines is 1. The summed E-state index contributed by atoms with van der Waals surface area (Å²) < 4.78 is 0. The van der Waals surface area contributed by atoms with Crippen LogP contribution < -0.4 is 5.32 Å². The third kappa shape index (κ3) is 2.68. The minimum Gasteiger partial charge on any atom is -0.356 e. The summed E-state index contributed by atoms with van der Waals surface area (Å²) in [4.78, 5) is 16.2. The number of hydrogen-bond donors (Lipinski definition) is 2. The molecule has 1 aliphatic carbocycles. The van der Waals surface area contributed by atoms with Gasteiger partial charge < -0.3 is 10.3 Å². The Hall–Kier alpha value is -3.06. The van der Waals surface area contributed by atoms with Gasteiger partial charge in [-0.2, -0.15) is 5.26 Å². The van der Waals surface area contributed by atoms with Crippen LogP contribution in [0.15, 0.2) is 42.5 Å². The summed E-state index contributed by atoms with van der Waals surface area (Å²) in [6.07, 6.45) is 2.97. The third-order valence-corrected chi connectivity index (χ3v) is 4.96. The molecule has 1 aromatic heterocycles. The molecular weight excluding hydrogens is 310 g/mol. The van der Waals surface area contributed by atoms with Gasteiger partial charge in [0.05, 0.1) is 23.2 Å². The van der Waals surface area contributed by atoms with Crippen LogP contribution >= 0.6 is 0 Å². The van der Waals surface area contributed by atoms with Crippen LogP contribution in [0.5, 0.6) is 0 Å². The number of nitriles is 1. The number of carbonyl (C=O) groups is 1. The summed E-state index contributed by atoms with van der Waals surface area (Å²) in [5.74, 6) is -0.190. The molecule has 4 rings (SSSR count). The van der Waals surface area contributed by atoms with E-state index in [4.69, 9.17) is 0 Å². The molecule has 1 amide bonds. The number of aryl methyl sites for hydroxylation is 2. The minimum atomic E-state index is -0.190. The lowest BCUT2D eigenvalue weighted by molar-refractivity contribution is 0.0931. The van der Waals surface area contributed by atoms with Crippen LogP contribution in [0.3, 0.4) is 0 Å². The molecule has 4 heteroatoms. The molecule has 2 N–H and O–H groups in total. The topological polar surface area (TPSA) is 68.7 Å². The van der Waals surface area contributed by atoms with Gasteiger partial charge in [-0.3, -0.25) is 4.79 Å². The van der Waals surface area contributed by atoms with E-state index in [9.17, 15) is 10.1 Å². The molecule has 2 aromatic carbocycles. The first-order valence-corrected chi connectivity index (χ1v) is 8.58. The van der Waals surface area contributed by atoms with Crippen LogP contribution in [0.1, 0.15) is 51.6 Å². The van der Waals surface area contributed by atoms with E-state index in [0.717, 1.165) is 30.5 Å². The fraction of sp³-hybridized carbons (Fsp3) is 0.238. The van der Waals surface area contributed by atoms with Crippen molar-refractivity contribution >= 4 is 16.8 Å². The maximum Gasteiger partial charge on any atom is 0.253 e. The monoisotopic (exact) mass is 329 g/mol. The molecule has 0 fully saturated rings. The molecule has 1 atom stereocenters. The second-order valence-electron chi connectivity index (χ2n) is 6.64. The molecule has 0 bridgehead atoms. The standard InChI is InChI=1S/C21H19N3O/c1-13-9-10-18-17(11-13)16-7-4-8-19(20(16)23-18)24-21(25)15-6-3-2-5-14(15)12-22/h2-3,5-6,9-11,19,23H,4,7-8H2,1H3,(H,24,25). The van der Waals surface area contributed by atoms with Crippen molar-refractivity contribution < 1.29 is 4.79 Å². The minimum absolute atomic E-state index is 0.0456. The molecule has 0 saturated carbocycles. The summed E-state index contributed by atoms with van der Waals surface area (Å²) in [7, 11) is 0. The normalized spacial score (nSPS) is 16.2. The Kier molecular flexibility index (Phi) is 3.77. The van der Waals surface area contributed by atoms with Crippen molar-refractivity contribution in [2.75, 3.05) is 0 Å². The molecule has 25 heavy (non-hydrogen) atoms. The van der Waals surface area contributed by atoms with Gasteiger partial charge in [0, 0.05) is 16.6 Å². The molecular formula is C21H19N3O. The molecule has 0 saturated heterocycles. The second kappa shape index (κ2) is 6.10. The number of rotatable bonds is 2. The van der Waals surface area contributed by atoms with Gasteiger partial charge in [-0.05, 0) is 56.0 Å². The van der Waals surface area contributed by atoms with E-state index in [-0.39, 0.29) is 11.9 Å². The number of fused-ring (bicyclic) bond motifs is 3. The Morgan fingerprint density at radius 2 is 2.12 bits per heavy atom. The number of H-pyrrole nitrogens is 1. The van der Waals surface area contributed by atoms with E-state index in [1.807, 2.05) is 0 Å². The highest BCUT2D eigenvalue weighted by Gasteiger charge is 2.26. The number of nitrogens with zero attached hydrogens (tertiary/aromatic N) is 1. The van der Waals surface area contributed by atoms with Crippen molar-refractivity contribution in [1.82, 2.24) is 10.3 Å². The lowest BCUT2D eigenvalue weighted by Crippen LogP contribution is -2.31. The molecule has 4 nitrogen and oxygen atoms in total. The summed E-state index contributed by atoms with van der Waals surface area (Å²) >= 11 is 0. The van der Waals surface area contributed by atoms with Crippen molar-refractivity contribution in [3.05, 3.63) is 70.4 Å². The van der Waals surface area contributed by atoms with E-state index < -0.39 is 0 Å². The van der Waals surface area contributed by atoms with Crippen molar-refractivity contribution in [2.45, 2.75) is 32.2 Å². The van der Waals surface area contributed by atoms with E-state index in [1.165, 1.54) is 16.5 Å². The Morgan fingerprint density at radius 1 is 1.28 bits per heavy atom. The smallest absolute Gasteiger partial charge is 0.253 e. The zero-order chi connectivity index (χ0) is 17.4. The molecule has 1 unspecified atom stereocenters. The number of aromatic nitrogens is 1. The number of nitrogens with one attached hydrogen (secondary N) is 2. The first-order chi connectivity index (χ1) is 12.2. The van der Waals surface area contributed by atoms with Crippen LogP contribution in [0.2, 0.25) is 0 Å². The highest BCUT2D eigenvalue weighted by Crippen LogP contribution is 2.35. The zero-order valence-corrected chi connectivity index (χ0v) is 14.1. The molecule has 1 aliphatic rings. The Morgan fingerprint density at radius 3 is 2.96 bits per heavy atom. The first-order valence-electron chi connectivity index (χ1n) is 8.58. The molecule has 124 valence electrons. The molecule has 0 spiro atoms. The van der Waals surface area contributed by atoms with Gasteiger partial charge in [-0.25, -0.2) is 0 Å². The van der Waals surface area contributed by atoms with Gasteiger partial charge in [0.1, 0.15) is 0 Å². The van der Waals surface area contributed by atoms with Crippen LogP contribution in [0.4, 0.5) is 0 Å². The van der Waals surface area contributed by atoms with Crippen LogP contribution in [0, 0.1) is 18.3 Å². The first kappa shape index (κ1) is 15.5. The number of hydrogen-bond acceptors (Lipinski definition) is 2. The maximum absolute atomic E-state index is 12.7.